The Hall–Kier alpha value is -3.13. The van der Waals surface area contributed by atoms with Gasteiger partial charge in [0.15, 0.2) is 0 Å². The highest BCUT2D eigenvalue weighted by atomic mass is 32.1. The molecule has 7 nitrogen and oxygen atoms in total. The summed E-state index contributed by atoms with van der Waals surface area (Å²) in [5.41, 5.74) is 3.01. The Morgan fingerprint density at radius 2 is 1.89 bits per heavy atom. The fourth-order valence-electron chi connectivity index (χ4n) is 2.67. The Morgan fingerprint density at radius 1 is 1.18 bits per heavy atom. The number of hydrogen-bond donors (Lipinski definition) is 2. The van der Waals surface area contributed by atoms with Gasteiger partial charge in [-0.2, -0.15) is 4.57 Å². The molecule has 0 fully saturated rings. The SMILES string of the molecule is CCc1ccc(CCOc2ccc(Cc3sc(=O)n(C(=O)O)c3O)cc2)nc1. The first-order chi connectivity index (χ1) is 13.5. The van der Waals surface area contributed by atoms with Gasteiger partial charge in [0, 0.05) is 24.7 Å². The normalized spacial score (nSPS) is 10.8. The number of ether oxygens (including phenoxy) is 1. The van der Waals surface area contributed by atoms with Crippen molar-refractivity contribution in [2.75, 3.05) is 6.61 Å². The number of rotatable bonds is 7. The summed E-state index contributed by atoms with van der Waals surface area (Å²) in [5, 5.41) is 18.9. The fourth-order valence-corrected chi connectivity index (χ4v) is 3.55. The van der Waals surface area contributed by atoms with E-state index in [-0.39, 0.29) is 6.42 Å². The predicted octanol–water partition coefficient (Wildman–Crippen LogP) is 3.31. The number of aromatic hydroxyl groups is 1. The average molecular weight is 400 g/mol. The van der Waals surface area contributed by atoms with Gasteiger partial charge >= 0.3 is 11.0 Å². The van der Waals surface area contributed by atoms with Crippen molar-refractivity contribution in [1.29, 1.82) is 0 Å². The number of pyridine rings is 1. The number of nitrogens with zero attached hydrogens (tertiary/aromatic N) is 2. The topological polar surface area (TPSA) is 102 Å². The molecule has 3 aromatic rings. The number of carbonyl (C=O) groups is 1. The maximum Gasteiger partial charge on any atom is 0.422 e. The third kappa shape index (κ3) is 4.58. The molecule has 8 heteroatoms. The van der Waals surface area contributed by atoms with Gasteiger partial charge in [0.1, 0.15) is 5.75 Å². The van der Waals surface area contributed by atoms with E-state index >= 15 is 0 Å². The van der Waals surface area contributed by atoms with Crippen molar-refractivity contribution in [2.24, 2.45) is 0 Å². The molecule has 2 aromatic heterocycles. The van der Waals surface area contributed by atoms with Gasteiger partial charge in [-0.3, -0.25) is 9.78 Å². The lowest BCUT2D eigenvalue weighted by atomic mass is 10.1. The molecule has 0 aliphatic rings. The van der Waals surface area contributed by atoms with Gasteiger partial charge in [-0.15, -0.1) is 0 Å². The van der Waals surface area contributed by atoms with E-state index in [0.717, 1.165) is 29.0 Å². The van der Waals surface area contributed by atoms with E-state index in [1.165, 1.54) is 5.56 Å². The van der Waals surface area contributed by atoms with Crippen LogP contribution in [0.2, 0.25) is 0 Å². The summed E-state index contributed by atoms with van der Waals surface area (Å²) >= 11 is 0.721. The molecule has 0 aliphatic carbocycles. The molecular weight excluding hydrogens is 380 g/mol. The van der Waals surface area contributed by atoms with Crippen molar-refractivity contribution in [3.05, 3.63) is 74.0 Å². The van der Waals surface area contributed by atoms with Crippen LogP contribution in [-0.4, -0.2) is 32.5 Å². The molecule has 0 unspecified atom stereocenters. The molecule has 0 atom stereocenters. The number of thiazole rings is 1. The van der Waals surface area contributed by atoms with Crippen LogP contribution in [0.25, 0.3) is 0 Å². The zero-order valence-electron chi connectivity index (χ0n) is 15.3. The van der Waals surface area contributed by atoms with Crippen LogP contribution in [0.15, 0.2) is 47.4 Å². The fraction of sp³-hybridized carbons (Fsp3) is 0.250. The van der Waals surface area contributed by atoms with Crippen LogP contribution in [0.1, 0.15) is 28.6 Å². The molecule has 0 amide bonds. The summed E-state index contributed by atoms with van der Waals surface area (Å²) in [5.74, 6) is 0.180. The van der Waals surface area contributed by atoms with E-state index in [2.05, 4.69) is 18.0 Å². The highest BCUT2D eigenvalue weighted by Gasteiger charge is 2.18. The van der Waals surface area contributed by atoms with Crippen molar-refractivity contribution >= 4 is 17.4 Å². The minimum atomic E-state index is -1.49. The number of aromatic nitrogens is 2. The molecule has 1 aromatic carbocycles. The standard InChI is InChI=1S/C20H20N2O5S/c1-2-13-3-6-15(21-12-13)9-10-27-16-7-4-14(5-8-16)11-17-18(23)22(19(24)25)20(26)28-17/h3-8,12,23H,2,9-11H2,1H3,(H,24,25). The minimum Gasteiger partial charge on any atom is -0.493 e. The van der Waals surface area contributed by atoms with Crippen LogP contribution in [0.5, 0.6) is 11.6 Å². The first-order valence-electron chi connectivity index (χ1n) is 8.80. The van der Waals surface area contributed by atoms with Crippen LogP contribution < -0.4 is 9.61 Å². The molecule has 2 N–H and O–H groups in total. The van der Waals surface area contributed by atoms with E-state index in [0.29, 0.717) is 28.2 Å². The quantitative estimate of drug-likeness (QED) is 0.631. The summed E-state index contributed by atoms with van der Waals surface area (Å²) in [6.45, 7) is 2.59. The van der Waals surface area contributed by atoms with E-state index in [1.807, 2.05) is 24.4 Å². The van der Waals surface area contributed by atoms with Crippen LogP contribution in [0.3, 0.4) is 0 Å². The molecule has 0 spiro atoms. The summed E-state index contributed by atoms with van der Waals surface area (Å²) < 4.78 is 6.08. The van der Waals surface area contributed by atoms with Crippen molar-refractivity contribution in [2.45, 2.75) is 26.2 Å². The van der Waals surface area contributed by atoms with Crippen LogP contribution >= 0.6 is 11.3 Å². The summed E-state index contributed by atoms with van der Waals surface area (Å²) in [4.78, 5) is 26.6. The van der Waals surface area contributed by atoms with E-state index < -0.39 is 16.8 Å². The molecule has 0 aliphatic heterocycles. The summed E-state index contributed by atoms with van der Waals surface area (Å²) in [6, 6.07) is 11.3. The first-order valence-corrected chi connectivity index (χ1v) is 9.62. The monoisotopic (exact) mass is 400 g/mol. The molecule has 0 saturated heterocycles. The van der Waals surface area contributed by atoms with E-state index in [9.17, 15) is 14.7 Å². The Kier molecular flexibility index (Phi) is 6.10. The summed E-state index contributed by atoms with van der Waals surface area (Å²) in [7, 11) is 0. The third-order valence-electron chi connectivity index (χ3n) is 4.25. The van der Waals surface area contributed by atoms with Gasteiger partial charge < -0.3 is 14.9 Å². The smallest absolute Gasteiger partial charge is 0.422 e. The Balaban J connectivity index is 1.57. The van der Waals surface area contributed by atoms with Gasteiger partial charge in [-0.1, -0.05) is 36.5 Å². The molecule has 0 saturated carbocycles. The first kappa shape index (κ1) is 19.6. The van der Waals surface area contributed by atoms with Crippen LogP contribution in [-0.2, 0) is 19.3 Å². The Morgan fingerprint density at radius 3 is 2.46 bits per heavy atom. The third-order valence-corrected chi connectivity index (χ3v) is 5.19. The van der Waals surface area contributed by atoms with Gasteiger partial charge in [0.2, 0.25) is 5.88 Å². The molecule has 0 radical (unpaired) electrons. The van der Waals surface area contributed by atoms with Gasteiger partial charge in [-0.25, -0.2) is 4.79 Å². The van der Waals surface area contributed by atoms with E-state index in [4.69, 9.17) is 9.84 Å². The van der Waals surface area contributed by atoms with Gasteiger partial charge in [0.05, 0.1) is 11.5 Å². The zero-order chi connectivity index (χ0) is 20.1. The maximum absolute atomic E-state index is 11.6. The molecule has 28 heavy (non-hydrogen) atoms. The number of hydrogen-bond acceptors (Lipinski definition) is 6. The summed E-state index contributed by atoms with van der Waals surface area (Å²) in [6.07, 6.45) is 2.32. The molecule has 3 rings (SSSR count). The molecule has 2 heterocycles. The lowest BCUT2D eigenvalue weighted by molar-refractivity contribution is 0.192. The van der Waals surface area contributed by atoms with Crippen LogP contribution in [0, 0.1) is 0 Å². The van der Waals surface area contributed by atoms with Crippen LogP contribution in [0.4, 0.5) is 4.79 Å². The molecule has 0 bridgehead atoms. The Bertz CT molecular complexity index is 1010. The Labute approximate surface area is 165 Å². The largest absolute Gasteiger partial charge is 0.493 e. The zero-order valence-corrected chi connectivity index (χ0v) is 16.1. The van der Waals surface area contributed by atoms with Gasteiger partial charge in [0.25, 0.3) is 0 Å². The molecule has 146 valence electrons. The lowest BCUT2D eigenvalue weighted by Crippen LogP contribution is -2.19. The molecular formula is C20H20N2O5S. The maximum atomic E-state index is 11.6. The number of aryl methyl sites for hydroxylation is 1. The second-order valence-corrected chi connectivity index (χ2v) is 7.21. The minimum absolute atomic E-state index is 0.264. The van der Waals surface area contributed by atoms with Crippen molar-refractivity contribution in [3.63, 3.8) is 0 Å². The second-order valence-electron chi connectivity index (χ2n) is 6.16. The second kappa shape index (κ2) is 8.71. The predicted molar refractivity (Wildman–Crippen MR) is 106 cm³/mol. The van der Waals surface area contributed by atoms with Gasteiger partial charge in [-0.05, 0) is 35.7 Å². The van der Waals surface area contributed by atoms with E-state index in [1.54, 1.807) is 12.1 Å². The highest BCUT2D eigenvalue weighted by Crippen LogP contribution is 2.24. The average Bonchev–Trinajstić information content (AvgIpc) is 2.97. The lowest BCUT2D eigenvalue weighted by Gasteiger charge is -2.07. The number of benzene rings is 1. The highest BCUT2D eigenvalue weighted by molar-refractivity contribution is 7.09. The van der Waals surface area contributed by atoms with Crippen molar-refractivity contribution in [1.82, 2.24) is 9.55 Å². The van der Waals surface area contributed by atoms with Crippen molar-refractivity contribution in [3.8, 4) is 11.6 Å². The van der Waals surface area contributed by atoms with Crippen molar-refractivity contribution < 1.29 is 19.7 Å². The number of carboxylic acid groups (broad SMARTS) is 1.